The number of benzene rings is 1. The lowest BCUT2D eigenvalue weighted by atomic mass is 10.1. The van der Waals surface area contributed by atoms with Crippen LogP contribution in [-0.4, -0.2) is 16.3 Å². The fourth-order valence-corrected chi connectivity index (χ4v) is 1.64. The molecule has 0 fully saturated rings. The largest absolute Gasteiger partial charge is 0.508 e. The van der Waals surface area contributed by atoms with Gasteiger partial charge in [0.15, 0.2) is 0 Å². The van der Waals surface area contributed by atoms with Crippen molar-refractivity contribution in [1.82, 2.24) is 0 Å². The fourth-order valence-electron chi connectivity index (χ4n) is 1.64. The van der Waals surface area contributed by atoms with Crippen molar-refractivity contribution in [3.05, 3.63) is 29.3 Å². The maximum absolute atomic E-state index is 9.40. The van der Waals surface area contributed by atoms with Crippen molar-refractivity contribution in [2.75, 3.05) is 0 Å². The molecule has 2 unspecified atom stereocenters. The Morgan fingerprint density at radius 3 is 2.92 bits per heavy atom. The van der Waals surface area contributed by atoms with Crippen LogP contribution >= 0.6 is 0 Å². The van der Waals surface area contributed by atoms with Gasteiger partial charge in [0.2, 0.25) is 0 Å². The molecular formula is C9H11NO2. The number of phenols is 1. The lowest BCUT2D eigenvalue weighted by molar-refractivity contribution is 0.158. The van der Waals surface area contributed by atoms with Gasteiger partial charge in [0.1, 0.15) is 5.75 Å². The summed E-state index contributed by atoms with van der Waals surface area (Å²) in [5.74, 6) is 0.207. The Morgan fingerprint density at radius 2 is 2.17 bits per heavy atom. The predicted octanol–water partition coefficient (Wildman–Crippen LogP) is 0.309. The third-order valence-electron chi connectivity index (χ3n) is 2.33. The van der Waals surface area contributed by atoms with Crippen LogP contribution in [0.3, 0.4) is 0 Å². The molecule has 12 heavy (non-hydrogen) atoms. The van der Waals surface area contributed by atoms with Crippen LogP contribution < -0.4 is 5.73 Å². The van der Waals surface area contributed by atoms with Crippen molar-refractivity contribution in [3.63, 3.8) is 0 Å². The molecule has 1 aromatic rings. The molecule has 0 aliphatic heterocycles. The van der Waals surface area contributed by atoms with Gasteiger partial charge in [0, 0.05) is 6.42 Å². The number of rotatable bonds is 0. The van der Waals surface area contributed by atoms with Crippen LogP contribution in [0, 0.1) is 0 Å². The molecule has 0 bridgehead atoms. The molecule has 1 aliphatic carbocycles. The molecule has 1 aliphatic rings. The molecular weight excluding hydrogens is 154 g/mol. The summed E-state index contributed by atoms with van der Waals surface area (Å²) in [6.07, 6.45) is 0.0957. The molecule has 0 heterocycles. The van der Waals surface area contributed by atoms with Crippen LogP contribution in [0.1, 0.15) is 17.2 Å². The second-order valence-corrected chi connectivity index (χ2v) is 3.18. The Bertz CT molecular complexity index is 311. The van der Waals surface area contributed by atoms with Crippen molar-refractivity contribution in [3.8, 4) is 5.75 Å². The van der Waals surface area contributed by atoms with Crippen LogP contribution in [-0.2, 0) is 6.42 Å². The van der Waals surface area contributed by atoms with Crippen molar-refractivity contribution < 1.29 is 10.2 Å². The van der Waals surface area contributed by atoms with E-state index in [4.69, 9.17) is 10.8 Å². The highest BCUT2D eigenvalue weighted by Gasteiger charge is 2.27. The van der Waals surface area contributed by atoms with Crippen molar-refractivity contribution in [1.29, 1.82) is 0 Å². The van der Waals surface area contributed by atoms with Crippen LogP contribution in [0.4, 0.5) is 0 Å². The van der Waals surface area contributed by atoms with E-state index in [1.54, 1.807) is 18.2 Å². The molecule has 0 spiro atoms. The smallest absolute Gasteiger partial charge is 0.115 e. The Labute approximate surface area is 70.4 Å². The fraction of sp³-hybridized carbons (Fsp3) is 0.333. The highest BCUT2D eigenvalue weighted by Crippen LogP contribution is 2.31. The number of phenolic OH excluding ortho intramolecular Hbond substituents is 1. The first kappa shape index (κ1) is 7.58. The van der Waals surface area contributed by atoms with Crippen molar-refractivity contribution in [2.45, 2.75) is 18.6 Å². The Balaban J connectivity index is 2.48. The van der Waals surface area contributed by atoms with E-state index >= 15 is 0 Å². The van der Waals surface area contributed by atoms with Gasteiger partial charge in [0.05, 0.1) is 12.1 Å². The number of aliphatic hydroxyl groups is 1. The molecule has 0 amide bonds. The van der Waals surface area contributed by atoms with E-state index in [-0.39, 0.29) is 11.8 Å². The Hall–Kier alpha value is -1.06. The van der Waals surface area contributed by atoms with Gasteiger partial charge < -0.3 is 15.9 Å². The van der Waals surface area contributed by atoms with E-state index < -0.39 is 6.10 Å². The molecule has 0 radical (unpaired) electrons. The van der Waals surface area contributed by atoms with Gasteiger partial charge in [-0.1, -0.05) is 6.07 Å². The predicted molar refractivity (Wildman–Crippen MR) is 44.7 cm³/mol. The highest BCUT2D eigenvalue weighted by atomic mass is 16.3. The summed E-state index contributed by atoms with van der Waals surface area (Å²) >= 11 is 0. The van der Waals surface area contributed by atoms with Gasteiger partial charge in [-0.05, 0) is 23.3 Å². The normalized spacial score (nSPS) is 27.2. The summed E-state index contributed by atoms with van der Waals surface area (Å²) in [7, 11) is 0. The summed E-state index contributed by atoms with van der Waals surface area (Å²) in [6.45, 7) is 0. The molecule has 0 saturated carbocycles. The first-order chi connectivity index (χ1) is 5.68. The van der Waals surface area contributed by atoms with Crippen LogP contribution in [0.5, 0.6) is 5.75 Å². The summed E-state index contributed by atoms with van der Waals surface area (Å²) in [5, 5.41) is 18.6. The zero-order chi connectivity index (χ0) is 8.72. The van der Waals surface area contributed by atoms with Gasteiger partial charge in [-0.2, -0.15) is 0 Å². The standard InChI is InChI=1S/C9H11NO2/c10-9-7-4-6(11)2-1-5(7)3-8(9)12/h1-2,4,8-9,11-12H,3,10H2. The zero-order valence-electron chi connectivity index (χ0n) is 6.57. The van der Waals surface area contributed by atoms with Crippen LogP contribution in [0.2, 0.25) is 0 Å². The van der Waals surface area contributed by atoms with E-state index in [1.807, 2.05) is 0 Å². The number of fused-ring (bicyclic) bond motifs is 1. The topological polar surface area (TPSA) is 66.5 Å². The number of aliphatic hydroxyl groups excluding tert-OH is 1. The average Bonchev–Trinajstić information content (AvgIpc) is 2.31. The quantitative estimate of drug-likeness (QED) is 0.518. The van der Waals surface area contributed by atoms with E-state index in [0.717, 1.165) is 11.1 Å². The molecule has 3 nitrogen and oxygen atoms in total. The summed E-state index contributed by atoms with van der Waals surface area (Å²) in [6, 6.07) is 4.70. The first-order valence-corrected chi connectivity index (χ1v) is 3.94. The number of nitrogens with two attached hydrogens (primary N) is 1. The van der Waals surface area contributed by atoms with E-state index in [1.165, 1.54) is 0 Å². The Morgan fingerprint density at radius 1 is 1.42 bits per heavy atom. The van der Waals surface area contributed by atoms with Gasteiger partial charge >= 0.3 is 0 Å². The average molecular weight is 165 g/mol. The molecule has 2 rings (SSSR count). The number of hydrogen-bond donors (Lipinski definition) is 3. The minimum atomic E-state index is -0.498. The van der Waals surface area contributed by atoms with Gasteiger partial charge in [0.25, 0.3) is 0 Å². The molecule has 3 heteroatoms. The highest BCUT2D eigenvalue weighted by molar-refractivity contribution is 5.41. The van der Waals surface area contributed by atoms with Gasteiger partial charge in [-0.15, -0.1) is 0 Å². The maximum Gasteiger partial charge on any atom is 0.115 e. The lowest BCUT2D eigenvalue weighted by Gasteiger charge is -2.08. The summed E-state index contributed by atoms with van der Waals surface area (Å²) in [5.41, 5.74) is 7.60. The van der Waals surface area contributed by atoms with Crippen LogP contribution in [0.15, 0.2) is 18.2 Å². The molecule has 1 aromatic carbocycles. The van der Waals surface area contributed by atoms with E-state index in [9.17, 15) is 5.11 Å². The summed E-state index contributed by atoms with van der Waals surface area (Å²) in [4.78, 5) is 0. The van der Waals surface area contributed by atoms with Gasteiger partial charge in [-0.3, -0.25) is 0 Å². The Kier molecular flexibility index (Phi) is 1.56. The maximum atomic E-state index is 9.40. The molecule has 0 saturated heterocycles. The number of hydrogen-bond acceptors (Lipinski definition) is 3. The third-order valence-corrected chi connectivity index (χ3v) is 2.33. The third kappa shape index (κ3) is 0.983. The van der Waals surface area contributed by atoms with E-state index in [0.29, 0.717) is 6.42 Å². The van der Waals surface area contributed by atoms with Gasteiger partial charge in [-0.25, -0.2) is 0 Å². The summed E-state index contributed by atoms with van der Waals surface area (Å²) < 4.78 is 0. The molecule has 64 valence electrons. The second kappa shape index (κ2) is 2.47. The second-order valence-electron chi connectivity index (χ2n) is 3.18. The van der Waals surface area contributed by atoms with Crippen molar-refractivity contribution in [2.24, 2.45) is 5.73 Å². The molecule has 2 atom stereocenters. The first-order valence-electron chi connectivity index (χ1n) is 3.94. The molecule has 0 aromatic heterocycles. The zero-order valence-corrected chi connectivity index (χ0v) is 6.57. The molecule has 4 N–H and O–H groups in total. The SMILES string of the molecule is NC1c2cc(O)ccc2CC1O. The van der Waals surface area contributed by atoms with E-state index in [2.05, 4.69) is 0 Å². The van der Waals surface area contributed by atoms with Crippen molar-refractivity contribution >= 4 is 0 Å². The monoisotopic (exact) mass is 165 g/mol. The minimum absolute atomic E-state index is 0.207. The lowest BCUT2D eigenvalue weighted by Crippen LogP contribution is -2.21. The minimum Gasteiger partial charge on any atom is -0.508 e. The van der Waals surface area contributed by atoms with Crippen LogP contribution in [0.25, 0.3) is 0 Å². The number of aromatic hydroxyl groups is 1.